The minimum absolute atomic E-state index is 0.00932. The van der Waals surface area contributed by atoms with Crippen LogP contribution >= 0.6 is 0 Å². The summed E-state index contributed by atoms with van der Waals surface area (Å²) >= 11 is 0. The molecule has 0 aliphatic carbocycles. The van der Waals surface area contributed by atoms with Crippen LogP contribution in [0.15, 0.2) is 134 Å². The first-order valence-corrected chi connectivity index (χ1v) is 16.2. The summed E-state index contributed by atoms with van der Waals surface area (Å²) in [6, 6.07) is 42.2. The number of rotatable bonds is 14. The number of carbonyl (C=O) groups is 2. The van der Waals surface area contributed by atoms with Gasteiger partial charge in [0.05, 0.1) is 31.2 Å². The molecule has 1 amide bonds. The Labute approximate surface area is 285 Å². The summed E-state index contributed by atoms with van der Waals surface area (Å²) in [7, 11) is 3.62. The molecule has 0 aliphatic rings. The molecule has 0 aliphatic heterocycles. The first-order valence-electron chi connectivity index (χ1n) is 16.2. The number of imidazole rings is 1. The Morgan fingerprint density at radius 1 is 0.875 bits per heavy atom. The van der Waals surface area contributed by atoms with Gasteiger partial charge in [-0.05, 0) is 41.6 Å². The Balaban J connectivity index is 0.000000249. The molecule has 5 rings (SSSR count). The average Bonchev–Trinajstić information content (AvgIpc) is 3.54. The van der Waals surface area contributed by atoms with Gasteiger partial charge >= 0.3 is 0 Å². The molecule has 0 spiro atoms. The second kappa shape index (κ2) is 21.7. The lowest BCUT2D eigenvalue weighted by molar-refractivity contribution is -0.124. The number of aromatic nitrogens is 2. The predicted molar refractivity (Wildman–Crippen MR) is 192 cm³/mol. The Hall–Kier alpha value is -5.05. The van der Waals surface area contributed by atoms with Crippen molar-refractivity contribution in [1.82, 2.24) is 19.8 Å². The number of ether oxygens (including phenoxy) is 1. The molecule has 5 aromatic rings. The fourth-order valence-corrected chi connectivity index (χ4v) is 5.43. The second-order valence-corrected chi connectivity index (χ2v) is 11.3. The molecule has 8 nitrogen and oxygen atoms in total. The number of carbonyl (C=O) groups excluding carboxylic acids is 1. The second-order valence-electron chi connectivity index (χ2n) is 11.3. The molecule has 1 atom stereocenters. The van der Waals surface area contributed by atoms with Gasteiger partial charge in [0, 0.05) is 32.8 Å². The van der Waals surface area contributed by atoms with E-state index in [1.54, 1.807) is 13.4 Å². The summed E-state index contributed by atoms with van der Waals surface area (Å²) in [6.45, 7) is 4.31. The van der Waals surface area contributed by atoms with Gasteiger partial charge in [0.25, 0.3) is 6.47 Å². The average molecular weight is 649 g/mol. The van der Waals surface area contributed by atoms with Crippen LogP contribution in [0, 0.1) is 0 Å². The molecular formula is C40H48N4O4. The smallest absolute Gasteiger partial charge is 0.290 e. The Kier molecular flexibility index (Phi) is 16.9. The van der Waals surface area contributed by atoms with Gasteiger partial charge in [0.2, 0.25) is 5.91 Å². The molecule has 1 unspecified atom stereocenters. The van der Waals surface area contributed by atoms with Gasteiger partial charge < -0.3 is 19.7 Å². The van der Waals surface area contributed by atoms with Crippen LogP contribution < -0.4 is 5.32 Å². The number of aryl methyl sites for hydroxylation is 2. The van der Waals surface area contributed by atoms with Gasteiger partial charge in [-0.15, -0.1) is 0 Å². The van der Waals surface area contributed by atoms with Crippen LogP contribution in [-0.2, 0) is 34.3 Å². The van der Waals surface area contributed by atoms with E-state index in [2.05, 4.69) is 125 Å². The van der Waals surface area contributed by atoms with Gasteiger partial charge in [0.15, 0.2) is 0 Å². The molecule has 8 heteroatoms. The maximum absolute atomic E-state index is 12.5. The SMILES string of the molecule is CCN(CC(=O)NC(CCc1cn(C)cn1)COC)Cc1ccccc1.O=CO.c1ccc(C(c2ccccc2)c2ccccc2)cc1. The normalized spacial score (nSPS) is 11.1. The monoisotopic (exact) mass is 648 g/mol. The zero-order valence-electron chi connectivity index (χ0n) is 28.2. The van der Waals surface area contributed by atoms with Crippen LogP contribution in [0.3, 0.4) is 0 Å². The van der Waals surface area contributed by atoms with Crippen molar-refractivity contribution in [2.75, 3.05) is 26.8 Å². The molecule has 4 aromatic carbocycles. The van der Waals surface area contributed by atoms with Gasteiger partial charge in [-0.3, -0.25) is 14.5 Å². The van der Waals surface area contributed by atoms with E-state index in [0.29, 0.717) is 19.1 Å². The third-order valence-electron chi connectivity index (χ3n) is 7.70. The van der Waals surface area contributed by atoms with Gasteiger partial charge in [-0.2, -0.15) is 0 Å². The first kappa shape index (κ1) is 37.4. The molecule has 1 heterocycles. The number of amides is 1. The lowest BCUT2D eigenvalue weighted by atomic mass is 9.85. The highest BCUT2D eigenvalue weighted by Crippen LogP contribution is 2.31. The summed E-state index contributed by atoms with van der Waals surface area (Å²) in [4.78, 5) is 27.3. The van der Waals surface area contributed by atoms with E-state index in [0.717, 1.165) is 31.6 Å². The van der Waals surface area contributed by atoms with E-state index < -0.39 is 0 Å². The molecule has 0 saturated carbocycles. The van der Waals surface area contributed by atoms with Crippen LogP contribution in [-0.4, -0.2) is 64.8 Å². The van der Waals surface area contributed by atoms with E-state index >= 15 is 0 Å². The van der Waals surface area contributed by atoms with Crippen LogP contribution in [0.1, 0.15) is 47.2 Å². The van der Waals surface area contributed by atoms with Crippen molar-refractivity contribution < 1.29 is 19.4 Å². The zero-order chi connectivity index (χ0) is 34.4. The van der Waals surface area contributed by atoms with Crippen LogP contribution in [0.4, 0.5) is 0 Å². The van der Waals surface area contributed by atoms with Crippen molar-refractivity contribution in [3.63, 3.8) is 0 Å². The van der Waals surface area contributed by atoms with Gasteiger partial charge in [-0.1, -0.05) is 128 Å². The maximum atomic E-state index is 12.5. The number of benzene rings is 4. The number of nitrogens with one attached hydrogen (secondary N) is 1. The molecule has 0 saturated heterocycles. The van der Waals surface area contributed by atoms with Crippen molar-refractivity contribution in [2.24, 2.45) is 7.05 Å². The Morgan fingerprint density at radius 2 is 1.35 bits per heavy atom. The minimum Gasteiger partial charge on any atom is -0.483 e. The van der Waals surface area contributed by atoms with Crippen molar-refractivity contribution >= 4 is 12.4 Å². The van der Waals surface area contributed by atoms with E-state index in [-0.39, 0.29) is 18.4 Å². The standard InChI is InChI=1S/C20H30N4O2.C19H16.CH2O2/c1-4-24(12-17-8-6-5-7-9-17)14-20(25)22-19(15-26-3)11-10-18-13-23(2)16-21-18;1-4-10-16(11-5-1)19(17-12-6-2-7-13-17)18-14-8-3-9-15-18;2-1-3/h5-9,13,16,19H,4,10-12,14-15H2,1-3H3,(H,22,25);1-15,19H;1H,(H,2,3). The molecule has 1 aromatic heterocycles. The number of hydrogen-bond donors (Lipinski definition) is 2. The van der Waals surface area contributed by atoms with Crippen molar-refractivity contribution in [2.45, 2.75) is 38.3 Å². The number of carboxylic acid groups (broad SMARTS) is 1. The lowest BCUT2D eigenvalue weighted by Gasteiger charge is -2.23. The van der Waals surface area contributed by atoms with Crippen molar-refractivity contribution in [3.05, 3.63) is 162 Å². The maximum Gasteiger partial charge on any atom is 0.290 e. The molecule has 0 fully saturated rings. The lowest BCUT2D eigenvalue weighted by Crippen LogP contribution is -2.44. The fourth-order valence-electron chi connectivity index (χ4n) is 5.43. The summed E-state index contributed by atoms with van der Waals surface area (Å²) in [5, 5.41) is 9.99. The number of nitrogens with zero attached hydrogens (tertiary/aromatic N) is 3. The zero-order valence-corrected chi connectivity index (χ0v) is 28.2. The fraction of sp³-hybridized carbons (Fsp3) is 0.275. The van der Waals surface area contributed by atoms with Crippen LogP contribution in [0.25, 0.3) is 0 Å². The molecular weight excluding hydrogens is 600 g/mol. The largest absolute Gasteiger partial charge is 0.483 e. The summed E-state index contributed by atoms with van der Waals surface area (Å²) in [5.41, 5.74) is 6.24. The van der Waals surface area contributed by atoms with E-state index in [1.807, 2.05) is 36.0 Å². The third kappa shape index (κ3) is 13.4. The highest BCUT2D eigenvalue weighted by Gasteiger charge is 2.17. The van der Waals surface area contributed by atoms with Gasteiger partial charge in [0.1, 0.15) is 0 Å². The molecule has 252 valence electrons. The Bertz CT molecular complexity index is 1470. The minimum atomic E-state index is -0.250. The van der Waals surface area contributed by atoms with E-state index in [9.17, 15) is 4.79 Å². The number of hydrogen-bond acceptors (Lipinski definition) is 5. The number of methoxy groups -OCH3 is 1. The molecule has 0 radical (unpaired) electrons. The van der Waals surface area contributed by atoms with Gasteiger partial charge in [-0.25, -0.2) is 4.98 Å². The van der Waals surface area contributed by atoms with E-state index in [1.165, 1.54) is 22.3 Å². The topological polar surface area (TPSA) is 96.7 Å². The van der Waals surface area contributed by atoms with Crippen molar-refractivity contribution in [3.8, 4) is 0 Å². The quantitative estimate of drug-likeness (QED) is 0.104. The highest BCUT2D eigenvalue weighted by atomic mass is 16.5. The molecule has 2 N–H and O–H groups in total. The molecule has 48 heavy (non-hydrogen) atoms. The van der Waals surface area contributed by atoms with Crippen LogP contribution in [0.2, 0.25) is 0 Å². The summed E-state index contributed by atoms with van der Waals surface area (Å²) in [6.07, 6.45) is 5.42. The van der Waals surface area contributed by atoms with Crippen molar-refractivity contribution in [1.29, 1.82) is 0 Å². The Morgan fingerprint density at radius 3 is 1.77 bits per heavy atom. The third-order valence-corrected chi connectivity index (χ3v) is 7.70. The van der Waals surface area contributed by atoms with Crippen LogP contribution in [0.5, 0.6) is 0 Å². The predicted octanol–water partition coefficient (Wildman–Crippen LogP) is 6.57. The number of likely N-dealkylation sites (N-methyl/N-ethyl adjacent to an activating group) is 1. The first-order chi connectivity index (χ1) is 23.5. The molecule has 0 bridgehead atoms. The summed E-state index contributed by atoms with van der Waals surface area (Å²) in [5.74, 6) is 0.342. The highest BCUT2D eigenvalue weighted by molar-refractivity contribution is 5.78. The van der Waals surface area contributed by atoms with E-state index in [4.69, 9.17) is 14.6 Å². The summed E-state index contributed by atoms with van der Waals surface area (Å²) < 4.78 is 7.20.